The van der Waals surface area contributed by atoms with E-state index in [-0.39, 0.29) is 13.2 Å². The zero-order valence-electron chi connectivity index (χ0n) is 21.5. The van der Waals surface area contributed by atoms with Crippen LogP contribution in [0.1, 0.15) is 54.3 Å². The molecular formula is C26H32Cl2O7Si2. The van der Waals surface area contributed by atoms with Crippen LogP contribution in [0, 0.1) is 0 Å². The number of hydrogen-bond donors (Lipinski definition) is 0. The lowest BCUT2D eigenvalue weighted by atomic mass is 10.1. The largest absolute Gasteiger partial charge is 0.462 e. The Morgan fingerprint density at radius 2 is 0.892 bits per heavy atom. The van der Waals surface area contributed by atoms with Gasteiger partial charge >= 0.3 is 11.9 Å². The fourth-order valence-electron chi connectivity index (χ4n) is 3.82. The molecule has 0 radical (unpaired) electrons. The molecule has 2 rings (SSSR count). The van der Waals surface area contributed by atoms with E-state index >= 15 is 0 Å². The zero-order chi connectivity index (χ0) is 27.6. The van der Waals surface area contributed by atoms with E-state index in [1.807, 2.05) is 0 Å². The highest BCUT2D eigenvalue weighted by Crippen LogP contribution is 2.24. The van der Waals surface area contributed by atoms with Crippen LogP contribution in [-0.4, -0.2) is 52.3 Å². The maximum absolute atomic E-state index is 12.2. The molecule has 0 spiro atoms. The van der Waals surface area contributed by atoms with E-state index < -0.39 is 39.1 Å². The predicted octanol–water partition coefficient (Wildman–Crippen LogP) is 6.67. The Hall–Kier alpha value is -2.31. The van der Waals surface area contributed by atoms with E-state index in [2.05, 4.69) is 26.2 Å². The molecule has 0 heterocycles. The SMILES string of the molecule is C[Si](C)(CCCOC(=O)c1ccc(C(=O)Cl)cc1)O[Si](C)(C)CCCOC(=O)c1ccc(C(=O)Cl)cc1. The molecule has 37 heavy (non-hydrogen) atoms. The van der Waals surface area contributed by atoms with Gasteiger partial charge in [0.05, 0.1) is 24.3 Å². The number of benzene rings is 2. The summed E-state index contributed by atoms with van der Waals surface area (Å²) in [6.45, 7) is 9.18. The van der Waals surface area contributed by atoms with Crippen molar-refractivity contribution in [2.24, 2.45) is 0 Å². The van der Waals surface area contributed by atoms with Crippen molar-refractivity contribution in [2.75, 3.05) is 13.2 Å². The third-order valence-corrected chi connectivity index (χ3v) is 13.5. The molecule has 2 aromatic carbocycles. The first-order valence-corrected chi connectivity index (χ1v) is 18.9. The van der Waals surface area contributed by atoms with Gasteiger partial charge in [-0.1, -0.05) is 0 Å². The van der Waals surface area contributed by atoms with Crippen molar-refractivity contribution in [3.63, 3.8) is 0 Å². The maximum Gasteiger partial charge on any atom is 0.338 e. The fraction of sp³-hybridized carbons (Fsp3) is 0.385. The van der Waals surface area contributed by atoms with E-state index in [1.54, 1.807) is 0 Å². The Bertz CT molecular complexity index is 1010. The van der Waals surface area contributed by atoms with Crippen LogP contribution >= 0.6 is 23.2 Å². The van der Waals surface area contributed by atoms with Crippen molar-refractivity contribution in [1.82, 2.24) is 0 Å². The number of halogens is 2. The topological polar surface area (TPSA) is 96.0 Å². The summed E-state index contributed by atoms with van der Waals surface area (Å²) in [6, 6.07) is 13.7. The highest BCUT2D eigenvalue weighted by atomic mass is 35.5. The molecule has 0 aliphatic heterocycles. The molecule has 0 aliphatic rings. The molecule has 0 atom stereocenters. The van der Waals surface area contributed by atoms with Gasteiger partial charge in [-0.25, -0.2) is 9.59 Å². The van der Waals surface area contributed by atoms with Crippen LogP contribution in [0.3, 0.4) is 0 Å². The van der Waals surface area contributed by atoms with Crippen molar-refractivity contribution in [3.05, 3.63) is 70.8 Å². The summed E-state index contributed by atoms with van der Waals surface area (Å²) in [7, 11) is -3.97. The van der Waals surface area contributed by atoms with Gasteiger partial charge in [0.2, 0.25) is 0 Å². The van der Waals surface area contributed by atoms with Gasteiger partial charge in [0.1, 0.15) is 0 Å². The standard InChI is InChI=1S/C26H32Cl2O7Si2/c1-36(2,17-5-15-33-25(31)21-11-7-19(8-12-21)23(27)29)35-37(3,4)18-6-16-34-26(32)22-13-9-20(10-14-22)24(28)30/h7-14H,5-6,15-18H2,1-4H3. The van der Waals surface area contributed by atoms with Crippen LogP contribution in [0.5, 0.6) is 0 Å². The smallest absolute Gasteiger partial charge is 0.338 e. The molecule has 0 N–H and O–H groups in total. The summed E-state index contributed by atoms with van der Waals surface area (Å²) in [6.07, 6.45) is 1.39. The number of esters is 2. The molecule has 0 saturated heterocycles. The first-order chi connectivity index (χ1) is 17.3. The van der Waals surface area contributed by atoms with Gasteiger partial charge < -0.3 is 13.6 Å². The van der Waals surface area contributed by atoms with Crippen LogP contribution in [0.4, 0.5) is 0 Å². The molecule has 0 saturated carbocycles. The van der Waals surface area contributed by atoms with Crippen LogP contribution in [0.25, 0.3) is 0 Å². The third kappa shape index (κ3) is 10.9. The molecule has 0 fully saturated rings. The third-order valence-electron chi connectivity index (χ3n) is 5.56. The molecule has 2 aromatic rings. The second kappa shape index (κ2) is 14.0. The summed E-state index contributed by atoms with van der Waals surface area (Å²) in [5.41, 5.74) is 1.38. The van der Waals surface area contributed by atoms with Crippen LogP contribution in [0.15, 0.2) is 48.5 Å². The maximum atomic E-state index is 12.2. The quantitative estimate of drug-likeness (QED) is 0.106. The lowest BCUT2D eigenvalue weighted by Gasteiger charge is -2.34. The fourth-order valence-corrected chi connectivity index (χ4v) is 12.9. The van der Waals surface area contributed by atoms with E-state index in [4.69, 9.17) is 36.8 Å². The predicted molar refractivity (Wildman–Crippen MR) is 149 cm³/mol. The van der Waals surface area contributed by atoms with E-state index in [0.717, 1.165) is 12.1 Å². The Kier molecular flexibility index (Phi) is 11.7. The molecule has 200 valence electrons. The van der Waals surface area contributed by atoms with E-state index in [9.17, 15) is 19.2 Å². The monoisotopic (exact) mass is 582 g/mol. The van der Waals surface area contributed by atoms with Crippen molar-refractivity contribution < 1.29 is 32.8 Å². The summed E-state index contributed by atoms with van der Waals surface area (Å²) in [4.78, 5) is 46.6. The number of ether oxygens (including phenoxy) is 2. The molecule has 0 aliphatic carbocycles. The Labute approximate surface area is 229 Å². The van der Waals surface area contributed by atoms with Crippen LogP contribution < -0.4 is 0 Å². The number of hydrogen-bond acceptors (Lipinski definition) is 7. The van der Waals surface area contributed by atoms with Gasteiger partial charge in [0.15, 0.2) is 16.6 Å². The first kappa shape index (κ1) is 30.9. The van der Waals surface area contributed by atoms with Crippen molar-refractivity contribution in [3.8, 4) is 0 Å². The Morgan fingerprint density at radius 1 is 0.595 bits per heavy atom. The summed E-state index contributed by atoms with van der Waals surface area (Å²) >= 11 is 10.8. The second-order valence-corrected chi connectivity index (χ2v) is 19.3. The molecule has 0 amide bonds. The van der Waals surface area contributed by atoms with Gasteiger partial charge in [0, 0.05) is 11.1 Å². The zero-order valence-corrected chi connectivity index (χ0v) is 25.0. The first-order valence-electron chi connectivity index (χ1n) is 11.9. The normalized spacial score (nSPS) is 11.6. The Morgan fingerprint density at radius 3 is 1.19 bits per heavy atom. The van der Waals surface area contributed by atoms with Gasteiger partial charge in [-0.15, -0.1) is 0 Å². The minimum atomic E-state index is -1.99. The molecule has 11 heteroatoms. The second-order valence-electron chi connectivity index (χ2n) is 9.80. The highest BCUT2D eigenvalue weighted by molar-refractivity contribution is 6.84. The van der Waals surface area contributed by atoms with Crippen molar-refractivity contribution in [2.45, 2.75) is 51.1 Å². The Balaban J connectivity index is 1.69. The minimum Gasteiger partial charge on any atom is -0.462 e. The van der Waals surface area contributed by atoms with Gasteiger partial charge in [0.25, 0.3) is 10.5 Å². The van der Waals surface area contributed by atoms with Gasteiger partial charge in [-0.3, -0.25) is 9.59 Å². The van der Waals surface area contributed by atoms with Crippen LogP contribution in [0.2, 0.25) is 38.3 Å². The van der Waals surface area contributed by atoms with E-state index in [0.29, 0.717) is 35.1 Å². The average Bonchev–Trinajstić information content (AvgIpc) is 2.83. The lowest BCUT2D eigenvalue weighted by molar-refractivity contribution is 0.0496. The molecule has 0 aromatic heterocycles. The van der Waals surface area contributed by atoms with Crippen LogP contribution in [-0.2, 0) is 13.6 Å². The summed E-state index contributed by atoms with van der Waals surface area (Å²) in [5, 5.41) is -1.15. The van der Waals surface area contributed by atoms with Crippen molar-refractivity contribution in [1.29, 1.82) is 0 Å². The van der Waals surface area contributed by atoms with Gasteiger partial charge in [-0.2, -0.15) is 0 Å². The molecule has 0 bridgehead atoms. The molecular weight excluding hydrogens is 551 g/mol. The number of carbonyl (C=O) groups is 4. The van der Waals surface area contributed by atoms with E-state index in [1.165, 1.54) is 48.5 Å². The summed E-state index contributed by atoms with van der Waals surface area (Å²) in [5.74, 6) is -0.886. The number of carbonyl (C=O) groups excluding carboxylic acids is 4. The minimum absolute atomic E-state index is 0.285. The number of rotatable bonds is 14. The van der Waals surface area contributed by atoms with Crippen molar-refractivity contribution >= 4 is 62.3 Å². The lowest BCUT2D eigenvalue weighted by Crippen LogP contribution is -2.44. The highest BCUT2D eigenvalue weighted by Gasteiger charge is 2.32. The molecule has 7 nitrogen and oxygen atoms in total. The molecule has 0 unspecified atom stereocenters. The summed E-state index contributed by atoms with van der Waals surface area (Å²) < 4.78 is 17.3. The van der Waals surface area contributed by atoms with Gasteiger partial charge in [-0.05, 0) is 123 Å². The average molecular weight is 584 g/mol.